The Hall–Kier alpha value is -2.30. The number of aromatic hydroxyl groups is 1. The largest absolute Gasteiger partial charge is 0.508 e. The molecule has 0 saturated heterocycles. The van der Waals surface area contributed by atoms with E-state index < -0.39 is 0 Å². The number of aliphatic imine (C=N–C) groups is 1. The fourth-order valence-electron chi connectivity index (χ4n) is 2.29. The summed E-state index contributed by atoms with van der Waals surface area (Å²) in [5.41, 5.74) is 0.407. The van der Waals surface area contributed by atoms with Gasteiger partial charge in [0.05, 0.1) is 6.20 Å². The smallest absolute Gasteiger partial charge is 0.251 e. The quantitative estimate of drug-likeness (QED) is 0.195. The summed E-state index contributed by atoms with van der Waals surface area (Å²) in [7, 11) is 0. The molecule has 0 radical (unpaired) electrons. The molecule has 1 aromatic carbocycles. The Balaban J connectivity index is 0.00000420. The first kappa shape index (κ1) is 24.7. The number of halogens is 1. The highest BCUT2D eigenvalue weighted by Crippen LogP contribution is 2.22. The monoisotopic (exact) mass is 515 g/mol. The molecular formula is C20H30IN5O3. The van der Waals surface area contributed by atoms with Crippen LogP contribution in [0.3, 0.4) is 0 Å². The van der Waals surface area contributed by atoms with Crippen molar-refractivity contribution in [3.63, 3.8) is 0 Å². The fourth-order valence-corrected chi connectivity index (χ4v) is 2.29. The molecule has 0 fully saturated rings. The number of nitrogens with zero attached hydrogens (tertiary/aromatic N) is 2. The maximum atomic E-state index is 12.0. The third-order valence-corrected chi connectivity index (χ3v) is 3.84. The number of hydrogen-bond acceptors (Lipinski definition) is 5. The number of oxazole rings is 1. The van der Waals surface area contributed by atoms with Crippen molar-refractivity contribution in [2.24, 2.45) is 4.99 Å². The predicted octanol–water partition coefficient (Wildman–Crippen LogP) is 2.78. The second-order valence-electron chi connectivity index (χ2n) is 7.29. The average molecular weight is 515 g/mol. The van der Waals surface area contributed by atoms with Crippen LogP contribution in [-0.2, 0) is 12.0 Å². The Morgan fingerprint density at radius 3 is 2.38 bits per heavy atom. The molecule has 8 nitrogen and oxygen atoms in total. The number of phenolic OH excluding ortho intramolecular Hbond substituents is 1. The molecule has 0 unspecified atom stereocenters. The van der Waals surface area contributed by atoms with Crippen LogP contribution < -0.4 is 16.0 Å². The van der Waals surface area contributed by atoms with Gasteiger partial charge in [-0.25, -0.2) is 9.98 Å². The molecule has 0 saturated carbocycles. The summed E-state index contributed by atoms with van der Waals surface area (Å²) in [4.78, 5) is 20.8. The molecule has 29 heavy (non-hydrogen) atoms. The lowest BCUT2D eigenvalue weighted by Gasteiger charge is -2.13. The van der Waals surface area contributed by atoms with Gasteiger partial charge in [0.2, 0.25) is 5.89 Å². The van der Waals surface area contributed by atoms with Gasteiger partial charge in [-0.2, -0.15) is 0 Å². The Bertz CT molecular complexity index is 797. The number of carbonyl (C=O) groups is 1. The van der Waals surface area contributed by atoms with Crippen LogP contribution >= 0.6 is 24.0 Å². The minimum atomic E-state index is -0.196. The number of amides is 1. The first-order chi connectivity index (χ1) is 13.3. The number of phenols is 1. The summed E-state index contributed by atoms with van der Waals surface area (Å²) in [6, 6.07) is 6.12. The van der Waals surface area contributed by atoms with Crippen molar-refractivity contribution in [3.8, 4) is 5.75 Å². The number of benzene rings is 1. The second-order valence-corrected chi connectivity index (χ2v) is 7.29. The molecule has 0 atom stereocenters. The van der Waals surface area contributed by atoms with Crippen molar-refractivity contribution in [2.45, 2.75) is 39.7 Å². The van der Waals surface area contributed by atoms with Crippen LogP contribution in [0, 0.1) is 0 Å². The third-order valence-electron chi connectivity index (χ3n) is 3.84. The molecule has 9 heteroatoms. The molecule has 0 spiro atoms. The second kappa shape index (κ2) is 11.6. The number of rotatable bonds is 7. The van der Waals surface area contributed by atoms with E-state index in [1.807, 2.05) is 6.92 Å². The van der Waals surface area contributed by atoms with Gasteiger partial charge in [0.1, 0.15) is 18.1 Å². The van der Waals surface area contributed by atoms with E-state index in [2.05, 4.69) is 46.7 Å². The maximum absolute atomic E-state index is 12.0. The molecule has 1 amide bonds. The summed E-state index contributed by atoms with van der Waals surface area (Å²) in [5.74, 6) is 1.94. The zero-order valence-electron chi connectivity index (χ0n) is 17.3. The zero-order chi connectivity index (χ0) is 20.6. The highest BCUT2D eigenvalue weighted by Gasteiger charge is 2.19. The summed E-state index contributed by atoms with van der Waals surface area (Å²) in [6.45, 7) is 10.2. The van der Waals surface area contributed by atoms with Crippen molar-refractivity contribution in [2.75, 3.05) is 19.6 Å². The first-order valence-corrected chi connectivity index (χ1v) is 9.34. The molecule has 0 aliphatic rings. The van der Waals surface area contributed by atoms with Crippen LogP contribution in [-0.4, -0.2) is 41.6 Å². The van der Waals surface area contributed by atoms with Gasteiger partial charge in [-0.05, 0) is 31.2 Å². The number of carbonyl (C=O) groups excluding carboxylic acids is 1. The van der Waals surface area contributed by atoms with Gasteiger partial charge < -0.3 is 25.5 Å². The van der Waals surface area contributed by atoms with Crippen molar-refractivity contribution < 1.29 is 14.3 Å². The lowest BCUT2D eigenvalue weighted by molar-refractivity contribution is 0.0954. The molecule has 0 aliphatic heterocycles. The Morgan fingerprint density at radius 1 is 1.14 bits per heavy atom. The molecule has 2 aromatic rings. The van der Waals surface area contributed by atoms with E-state index in [1.54, 1.807) is 18.3 Å². The number of aromatic nitrogens is 1. The fraction of sp³-hybridized carbons (Fsp3) is 0.450. The van der Waals surface area contributed by atoms with E-state index in [9.17, 15) is 9.90 Å². The van der Waals surface area contributed by atoms with Crippen molar-refractivity contribution in [1.29, 1.82) is 0 Å². The van der Waals surface area contributed by atoms with Gasteiger partial charge in [0, 0.05) is 30.6 Å². The summed E-state index contributed by atoms with van der Waals surface area (Å²) < 4.78 is 5.74. The van der Waals surface area contributed by atoms with Crippen molar-refractivity contribution in [3.05, 3.63) is 47.7 Å². The molecule has 0 bridgehead atoms. The Morgan fingerprint density at radius 2 is 1.79 bits per heavy atom. The van der Waals surface area contributed by atoms with Gasteiger partial charge in [0.15, 0.2) is 5.96 Å². The zero-order valence-corrected chi connectivity index (χ0v) is 19.6. The van der Waals surface area contributed by atoms with E-state index in [-0.39, 0.29) is 41.0 Å². The van der Waals surface area contributed by atoms with Gasteiger partial charge in [-0.3, -0.25) is 4.79 Å². The standard InChI is InChI=1S/C20H29N5O3.HI/c1-5-21-19(25-13-17-24-12-16(28-17)20(2,3)4)23-11-10-22-18(27)14-6-8-15(26)9-7-14;/h6-9,12,26H,5,10-11,13H2,1-4H3,(H,22,27)(H2,21,23,25);1H. The highest BCUT2D eigenvalue weighted by atomic mass is 127. The van der Waals surface area contributed by atoms with Crippen LogP contribution in [0.15, 0.2) is 39.9 Å². The number of guanidine groups is 1. The van der Waals surface area contributed by atoms with Gasteiger partial charge >= 0.3 is 0 Å². The van der Waals surface area contributed by atoms with Crippen LogP contribution in [0.5, 0.6) is 5.75 Å². The SMILES string of the molecule is CCNC(=NCc1ncc(C(C)(C)C)o1)NCCNC(=O)c1ccc(O)cc1.I. The lowest BCUT2D eigenvalue weighted by atomic mass is 9.94. The van der Waals surface area contributed by atoms with E-state index >= 15 is 0 Å². The average Bonchev–Trinajstić information content (AvgIpc) is 3.13. The molecule has 160 valence electrons. The first-order valence-electron chi connectivity index (χ1n) is 9.34. The highest BCUT2D eigenvalue weighted by molar-refractivity contribution is 14.0. The molecule has 1 heterocycles. The molecule has 0 aliphatic carbocycles. The number of nitrogens with one attached hydrogen (secondary N) is 3. The molecule has 2 rings (SSSR count). The Kier molecular flexibility index (Phi) is 9.93. The summed E-state index contributed by atoms with van der Waals surface area (Å²) >= 11 is 0. The minimum Gasteiger partial charge on any atom is -0.508 e. The van der Waals surface area contributed by atoms with Gasteiger partial charge in [-0.15, -0.1) is 24.0 Å². The molecular weight excluding hydrogens is 485 g/mol. The van der Waals surface area contributed by atoms with E-state index in [0.29, 0.717) is 43.6 Å². The van der Waals surface area contributed by atoms with E-state index in [1.165, 1.54) is 12.1 Å². The lowest BCUT2D eigenvalue weighted by Crippen LogP contribution is -2.41. The minimum absolute atomic E-state index is 0. The van der Waals surface area contributed by atoms with Gasteiger partial charge in [0.25, 0.3) is 5.91 Å². The summed E-state index contributed by atoms with van der Waals surface area (Å²) in [6.07, 6.45) is 1.74. The van der Waals surface area contributed by atoms with Gasteiger partial charge in [-0.1, -0.05) is 20.8 Å². The van der Waals surface area contributed by atoms with Crippen molar-refractivity contribution in [1.82, 2.24) is 20.9 Å². The summed E-state index contributed by atoms with van der Waals surface area (Å²) in [5, 5.41) is 18.4. The maximum Gasteiger partial charge on any atom is 0.251 e. The van der Waals surface area contributed by atoms with Crippen molar-refractivity contribution >= 4 is 35.8 Å². The molecule has 4 N–H and O–H groups in total. The normalized spacial score (nSPS) is 11.5. The van der Waals surface area contributed by atoms with Crippen LogP contribution in [0.2, 0.25) is 0 Å². The Labute approximate surface area is 188 Å². The third kappa shape index (κ3) is 8.30. The topological polar surface area (TPSA) is 112 Å². The molecule has 1 aromatic heterocycles. The van der Waals surface area contributed by atoms with Crippen LogP contribution in [0.1, 0.15) is 49.7 Å². The predicted molar refractivity (Wildman–Crippen MR) is 124 cm³/mol. The number of hydrogen-bond donors (Lipinski definition) is 4. The van der Waals surface area contributed by atoms with Crippen LogP contribution in [0.4, 0.5) is 0 Å². The van der Waals surface area contributed by atoms with E-state index in [4.69, 9.17) is 4.42 Å². The van der Waals surface area contributed by atoms with Crippen LogP contribution in [0.25, 0.3) is 0 Å². The van der Waals surface area contributed by atoms with E-state index in [0.717, 1.165) is 5.76 Å².